The number of amides is 1. The van der Waals surface area contributed by atoms with Gasteiger partial charge in [0.15, 0.2) is 11.0 Å². The van der Waals surface area contributed by atoms with Gasteiger partial charge < -0.3 is 14.6 Å². The number of carbonyl (C=O) groups is 1. The van der Waals surface area contributed by atoms with Crippen LogP contribution < -0.4 is 10.1 Å². The van der Waals surface area contributed by atoms with Crippen molar-refractivity contribution in [3.63, 3.8) is 0 Å². The summed E-state index contributed by atoms with van der Waals surface area (Å²) < 4.78 is 7.39. The fraction of sp³-hybridized carbons (Fsp3) is 0.167. The van der Waals surface area contributed by atoms with Crippen LogP contribution in [0.15, 0.2) is 59.8 Å². The van der Waals surface area contributed by atoms with Crippen molar-refractivity contribution in [3.05, 3.63) is 70.5 Å². The fourth-order valence-electron chi connectivity index (χ4n) is 2.32. The first-order valence-electron chi connectivity index (χ1n) is 8.27. The number of hydrogen-bond acceptors (Lipinski definition) is 7. The first-order valence-corrected chi connectivity index (χ1v) is 9.25. The molecule has 0 fully saturated rings. The van der Waals surface area contributed by atoms with Crippen molar-refractivity contribution >= 4 is 29.0 Å². The van der Waals surface area contributed by atoms with Crippen molar-refractivity contribution in [2.24, 2.45) is 7.05 Å². The number of nitrogens with one attached hydrogen (secondary N) is 1. The Bertz CT molecular complexity index is 977. The molecule has 10 heteroatoms. The van der Waals surface area contributed by atoms with E-state index >= 15 is 0 Å². The zero-order valence-electron chi connectivity index (χ0n) is 14.9. The maximum atomic E-state index is 12.2. The molecule has 0 aliphatic carbocycles. The number of carbonyl (C=O) groups excluding carboxylic acids is 1. The molecular weight excluding hydrogens is 382 g/mol. The Balaban J connectivity index is 1.56. The molecule has 144 valence electrons. The molecule has 0 atom stereocenters. The monoisotopic (exact) mass is 399 g/mol. The Labute approximate surface area is 164 Å². The Hall–Kier alpha value is -3.40. The summed E-state index contributed by atoms with van der Waals surface area (Å²) >= 11 is 1.18. The van der Waals surface area contributed by atoms with Crippen LogP contribution in [0.2, 0.25) is 0 Å². The maximum Gasteiger partial charge on any atom is 0.292 e. The number of para-hydroxylation sites is 3. The van der Waals surface area contributed by atoms with Crippen LogP contribution >= 0.6 is 11.8 Å². The minimum atomic E-state index is -0.537. The molecule has 1 aromatic heterocycles. The third-order valence-electron chi connectivity index (χ3n) is 3.74. The van der Waals surface area contributed by atoms with Gasteiger partial charge >= 0.3 is 0 Å². The largest absolute Gasteiger partial charge is 0.486 e. The number of nitro benzene ring substituents is 1. The van der Waals surface area contributed by atoms with Gasteiger partial charge in [-0.05, 0) is 18.2 Å². The predicted octanol–water partition coefficient (Wildman–Crippen LogP) is 3.03. The van der Waals surface area contributed by atoms with E-state index in [0.29, 0.717) is 11.0 Å². The van der Waals surface area contributed by atoms with Crippen molar-refractivity contribution in [2.75, 3.05) is 11.1 Å². The number of hydrogen-bond donors (Lipinski definition) is 1. The molecule has 0 radical (unpaired) electrons. The average Bonchev–Trinajstić information content (AvgIpc) is 3.05. The number of rotatable bonds is 8. The molecule has 0 aliphatic rings. The van der Waals surface area contributed by atoms with Crippen LogP contribution in [0, 0.1) is 10.1 Å². The van der Waals surface area contributed by atoms with E-state index in [4.69, 9.17) is 4.74 Å². The van der Waals surface area contributed by atoms with E-state index < -0.39 is 4.92 Å². The van der Waals surface area contributed by atoms with E-state index in [2.05, 4.69) is 15.5 Å². The summed E-state index contributed by atoms with van der Waals surface area (Å²) in [7, 11) is 1.78. The summed E-state index contributed by atoms with van der Waals surface area (Å²) in [5.41, 5.74) is 0.00729. The molecule has 0 unspecified atom stereocenters. The van der Waals surface area contributed by atoms with Gasteiger partial charge in [-0.3, -0.25) is 14.9 Å². The smallest absolute Gasteiger partial charge is 0.292 e. The van der Waals surface area contributed by atoms with Gasteiger partial charge in [-0.25, -0.2) is 0 Å². The molecule has 0 saturated carbocycles. The SMILES string of the molecule is Cn1c(COc2ccccc2)nnc1SCC(=O)Nc1ccccc1[N+](=O)[O-]. The third kappa shape index (κ3) is 4.86. The average molecular weight is 399 g/mol. The fourth-order valence-corrected chi connectivity index (χ4v) is 3.05. The molecule has 1 amide bonds. The Kier molecular flexibility index (Phi) is 6.22. The summed E-state index contributed by atoms with van der Waals surface area (Å²) in [6, 6.07) is 15.3. The van der Waals surface area contributed by atoms with Gasteiger partial charge in [0.25, 0.3) is 5.69 Å². The first kappa shape index (κ1) is 19.4. The summed E-state index contributed by atoms with van der Waals surface area (Å²) in [4.78, 5) is 22.6. The number of nitrogens with zero attached hydrogens (tertiary/aromatic N) is 4. The molecule has 0 aliphatic heterocycles. The van der Waals surface area contributed by atoms with E-state index in [1.54, 1.807) is 23.7 Å². The van der Waals surface area contributed by atoms with E-state index in [-0.39, 0.29) is 29.6 Å². The summed E-state index contributed by atoms with van der Waals surface area (Å²) in [5.74, 6) is 1.01. The second-order valence-electron chi connectivity index (χ2n) is 5.67. The number of thioether (sulfide) groups is 1. The lowest BCUT2D eigenvalue weighted by Gasteiger charge is -2.07. The summed E-state index contributed by atoms with van der Waals surface area (Å²) in [6.45, 7) is 0.247. The van der Waals surface area contributed by atoms with Crippen LogP contribution in [0.3, 0.4) is 0 Å². The van der Waals surface area contributed by atoms with E-state index in [1.165, 1.54) is 23.9 Å². The number of aromatic nitrogens is 3. The minimum Gasteiger partial charge on any atom is -0.486 e. The molecule has 0 spiro atoms. The minimum absolute atomic E-state index is 0.0393. The molecule has 0 saturated heterocycles. The van der Waals surface area contributed by atoms with Crippen molar-refractivity contribution in [1.29, 1.82) is 0 Å². The lowest BCUT2D eigenvalue weighted by Crippen LogP contribution is -2.15. The molecule has 1 heterocycles. The third-order valence-corrected chi connectivity index (χ3v) is 4.76. The highest BCUT2D eigenvalue weighted by molar-refractivity contribution is 7.99. The van der Waals surface area contributed by atoms with Crippen LogP contribution in [0.5, 0.6) is 5.75 Å². The lowest BCUT2D eigenvalue weighted by atomic mass is 10.2. The maximum absolute atomic E-state index is 12.2. The highest BCUT2D eigenvalue weighted by Crippen LogP contribution is 2.24. The van der Waals surface area contributed by atoms with Gasteiger partial charge in [0.1, 0.15) is 18.0 Å². The second-order valence-corrected chi connectivity index (χ2v) is 6.61. The Morgan fingerprint density at radius 2 is 1.89 bits per heavy atom. The van der Waals surface area contributed by atoms with E-state index in [1.807, 2.05) is 30.3 Å². The molecule has 2 aromatic carbocycles. The highest BCUT2D eigenvalue weighted by atomic mass is 32.2. The quantitative estimate of drug-likeness (QED) is 0.352. The summed E-state index contributed by atoms with van der Waals surface area (Å²) in [6.07, 6.45) is 0. The van der Waals surface area contributed by atoms with Crippen molar-refractivity contribution in [2.45, 2.75) is 11.8 Å². The van der Waals surface area contributed by atoms with E-state index in [9.17, 15) is 14.9 Å². The second kappa shape index (κ2) is 9.00. The summed E-state index contributed by atoms with van der Waals surface area (Å²) in [5, 5.41) is 22.2. The van der Waals surface area contributed by atoms with Crippen LogP contribution in [-0.4, -0.2) is 31.3 Å². The highest BCUT2D eigenvalue weighted by Gasteiger charge is 2.16. The van der Waals surface area contributed by atoms with Gasteiger partial charge in [0.2, 0.25) is 5.91 Å². The van der Waals surface area contributed by atoms with E-state index in [0.717, 1.165) is 5.75 Å². The molecule has 3 rings (SSSR count). The number of benzene rings is 2. The molecule has 1 N–H and O–H groups in total. The lowest BCUT2D eigenvalue weighted by molar-refractivity contribution is -0.383. The van der Waals surface area contributed by atoms with Crippen molar-refractivity contribution in [3.8, 4) is 5.75 Å². The molecule has 9 nitrogen and oxygen atoms in total. The van der Waals surface area contributed by atoms with Gasteiger partial charge in [-0.1, -0.05) is 42.1 Å². The molecule has 28 heavy (non-hydrogen) atoms. The van der Waals surface area contributed by atoms with Gasteiger partial charge in [-0.15, -0.1) is 10.2 Å². The number of nitro groups is 1. The molecular formula is C18H17N5O4S. The van der Waals surface area contributed by atoms with Crippen LogP contribution in [-0.2, 0) is 18.4 Å². The predicted molar refractivity (Wildman–Crippen MR) is 104 cm³/mol. The Morgan fingerprint density at radius 3 is 2.64 bits per heavy atom. The number of anilines is 1. The zero-order valence-corrected chi connectivity index (χ0v) is 15.8. The molecule has 0 bridgehead atoms. The topological polar surface area (TPSA) is 112 Å². The standard InChI is InChI=1S/C18H17N5O4S/c1-22-16(11-27-13-7-3-2-4-8-13)20-21-18(22)28-12-17(24)19-14-9-5-6-10-15(14)23(25)26/h2-10H,11-12H2,1H3,(H,19,24). The van der Waals surface area contributed by atoms with Gasteiger partial charge in [-0.2, -0.15) is 0 Å². The molecule has 3 aromatic rings. The number of ether oxygens (including phenoxy) is 1. The zero-order chi connectivity index (χ0) is 19.9. The first-order chi connectivity index (χ1) is 13.5. The van der Waals surface area contributed by atoms with Crippen LogP contribution in [0.1, 0.15) is 5.82 Å². The normalized spacial score (nSPS) is 10.5. The van der Waals surface area contributed by atoms with Crippen LogP contribution in [0.4, 0.5) is 11.4 Å². The van der Waals surface area contributed by atoms with Gasteiger partial charge in [0, 0.05) is 13.1 Å². The Morgan fingerprint density at radius 1 is 1.18 bits per heavy atom. The van der Waals surface area contributed by atoms with Crippen molar-refractivity contribution < 1.29 is 14.5 Å². The van der Waals surface area contributed by atoms with Crippen molar-refractivity contribution in [1.82, 2.24) is 14.8 Å². The van der Waals surface area contributed by atoms with Gasteiger partial charge in [0.05, 0.1) is 10.7 Å². The van der Waals surface area contributed by atoms with Crippen LogP contribution in [0.25, 0.3) is 0 Å².